The van der Waals surface area contributed by atoms with Crippen molar-refractivity contribution in [2.75, 3.05) is 0 Å². The van der Waals surface area contributed by atoms with Crippen LogP contribution in [0.2, 0.25) is 5.02 Å². The fourth-order valence-corrected chi connectivity index (χ4v) is 3.04. The van der Waals surface area contributed by atoms with Crippen molar-refractivity contribution in [2.45, 2.75) is 0 Å². The molecule has 0 fully saturated rings. The minimum absolute atomic E-state index is 0.314. The molecule has 4 heteroatoms. The van der Waals surface area contributed by atoms with Gasteiger partial charge in [-0.2, -0.15) is 0 Å². The highest BCUT2D eigenvalue weighted by atomic mass is 35.5. The van der Waals surface area contributed by atoms with Gasteiger partial charge in [0.25, 0.3) is 0 Å². The van der Waals surface area contributed by atoms with E-state index in [1.54, 1.807) is 48.5 Å². The number of nitrogens with zero attached hydrogens (tertiary/aromatic N) is 1. The first-order chi connectivity index (χ1) is 12.1. The molecule has 1 aromatic heterocycles. The van der Waals surface area contributed by atoms with Crippen LogP contribution in [0.15, 0.2) is 72.8 Å². The van der Waals surface area contributed by atoms with E-state index >= 15 is 0 Å². The van der Waals surface area contributed by atoms with Gasteiger partial charge in [-0.15, -0.1) is 0 Å². The number of fused-ring (bicyclic) bond motifs is 1. The van der Waals surface area contributed by atoms with Gasteiger partial charge in [-0.3, -0.25) is 0 Å². The summed E-state index contributed by atoms with van der Waals surface area (Å²) < 4.78 is 27.6. The summed E-state index contributed by atoms with van der Waals surface area (Å²) in [5, 5.41) is 1.32. The van der Waals surface area contributed by atoms with E-state index in [-0.39, 0.29) is 11.6 Å². The lowest BCUT2D eigenvalue weighted by Gasteiger charge is -2.11. The number of rotatable bonds is 2. The Labute approximate surface area is 148 Å². The maximum atomic E-state index is 14.4. The topological polar surface area (TPSA) is 12.9 Å². The fraction of sp³-hybridized carbons (Fsp3) is 0. The van der Waals surface area contributed by atoms with Crippen LogP contribution in [-0.2, 0) is 0 Å². The quantitative estimate of drug-likeness (QED) is 0.401. The van der Waals surface area contributed by atoms with Crippen LogP contribution in [0.3, 0.4) is 0 Å². The minimum atomic E-state index is -0.319. The van der Waals surface area contributed by atoms with Gasteiger partial charge < -0.3 is 0 Å². The highest BCUT2D eigenvalue weighted by Crippen LogP contribution is 2.34. The zero-order valence-corrected chi connectivity index (χ0v) is 13.8. The Morgan fingerprint density at radius 1 is 0.760 bits per heavy atom. The lowest BCUT2D eigenvalue weighted by Crippen LogP contribution is -1.92. The molecule has 0 bridgehead atoms. The second-order valence-electron chi connectivity index (χ2n) is 5.70. The molecule has 0 atom stereocenters. The predicted octanol–water partition coefficient (Wildman–Crippen LogP) is 6.50. The standard InChI is InChI=1S/C21H12ClF2N/c22-14-7-10-20-18(11-14)17(16-3-1-2-4-19(16)24)12-21(25-20)13-5-8-15(23)9-6-13/h1-12H. The van der Waals surface area contributed by atoms with Gasteiger partial charge in [-0.1, -0.05) is 29.8 Å². The maximum absolute atomic E-state index is 14.4. The van der Waals surface area contributed by atoms with Crippen molar-refractivity contribution in [1.82, 2.24) is 4.98 Å². The molecule has 3 aromatic carbocycles. The first-order valence-corrected chi connectivity index (χ1v) is 8.11. The van der Waals surface area contributed by atoms with Crippen LogP contribution in [0.1, 0.15) is 0 Å². The van der Waals surface area contributed by atoms with Gasteiger partial charge in [0.2, 0.25) is 0 Å². The molecule has 0 amide bonds. The molecule has 1 heterocycles. The highest BCUT2D eigenvalue weighted by molar-refractivity contribution is 6.31. The lowest BCUT2D eigenvalue weighted by atomic mass is 9.98. The van der Waals surface area contributed by atoms with Crippen molar-refractivity contribution in [1.29, 1.82) is 0 Å². The van der Waals surface area contributed by atoms with Crippen molar-refractivity contribution in [3.8, 4) is 22.4 Å². The highest BCUT2D eigenvalue weighted by Gasteiger charge is 2.13. The summed E-state index contributed by atoms with van der Waals surface area (Å²) in [5.41, 5.74) is 3.28. The Morgan fingerprint density at radius 2 is 1.52 bits per heavy atom. The molecule has 0 spiro atoms. The van der Waals surface area contributed by atoms with Gasteiger partial charge in [0.15, 0.2) is 0 Å². The van der Waals surface area contributed by atoms with Crippen molar-refractivity contribution in [3.63, 3.8) is 0 Å². The van der Waals surface area contributed by atoms with Gasteiger partial charge in [0.05, 0.1) is 11.2 Å². The summed E-state index contributed by atoms with van der Waals surface area (Å²) in [4.78, 5) is 4.63. The molecule has 0 unspecified atom stereocenters. The van der Waals surface area contributed by atoms with E-state index in [9.17, 15) is 8.78 Å². The second-order valence-corrected chi connectivity index (χ2v) is 6.14. The number of aromatic nitrogens is 1. The Morgan fingerprint density at radius 3 is 2.28 bits per heavy atom. The van der Waals surface area contributed by atoms with Crippen molar-refractivity contribution < 1.29 is 8.78 Å². The number of halogens is 3. The van der Waals surface area contributed by atoms with Crippen LogP contribution in [0.5, 0.6) is 0 Å². The zero-order valence-electron chi connectivity index (χ0n) is 13.0. The van der Waals surface area contributed by atoms with Crippen LogP contribution in [0.4, 0.5) is 8.78 Å². The molecule has 4 aromatic rings. The minimum Gasteiger partial charge on any atom is -0.248 e. The molecule has 1 nitrogen and oxygen atoms in total. The summed E-state index contributed by atoms with van der Waals surface area (Å²) in [6.07, 6.45) is 0. The van der Waals surface area contributed by atoms with Crippen LogP contribution in [0.25, 0.3) is 33.3 Å². The van der Waals surface area contributed by atoms with E-state index in [1.165, 1.54) is 18.2 Å². The van der Waals surface area contributed by atoms with Crippen molar-refractivity contribution >= 4 is 22.5 Å². The number of pyridine rings is 1. The number of hydrogen-bond acceptors (Lipinski definition) is 1. The van der Waals surface area contributed by atoms with Crippen LogP contribution < -0.4 is 0 Å². The molecule has 0 saturated carbocycles. The summed E-state index contributed by atoms with van der Waals surface area (Å²) in [7, 11) is 0. The van der Waals surface area contributed by atoms with E-state index in [2.05, 4.69) is 4.98 Å². The SMILES string of the molecule is Fc1ccc(-c2cc(-c3ccccc3F)c3cc(Cl)ccc3n2)cc1. The molecule has 4 rings (SSSR count). The van der Waals surface area contributed by atoms with Gasteiger partial charge in [0, 0.05) is 21.5 Å². The molecule has 25 heavy (non-hydrogen) atoms. The molecular formula is C21H12ClF2N. The Kier molecular flexibility index (Phi) is 3.94. The first-order valence-electron chi connectivity index (χ1n) is 7.73. The van der Waals surface area contributed by atoms with E-state index in [0.29, 0.717) is 27.4 Å². The van der Waals surface area contributed by atoms with E-state index in [4.69, 9.17) is 11.6 Å². The normalized spacial score (nSPS) is 11.0. The maximum Gasteiger partial charge on any atom is 0.131 e. The molecule has 0 N–H and O–H groups in total. The summed E-state index contributed by atoms with van der Waals surface area (Å²) in [5.74, 6) is -0.634. The second kappa shape index (κ2) is 6.26. The van der Waals surface area contributed by atoms with E-state index in [0.717, 1.165) is 10.9 Å². The van der Waals surface area contributed by atoms with Crippen LogP contribution >= 0.6 is 11.6 Å². The molecule has 0 aliphatic carbocycles. The van der Waals surface area contributed by atoms with E-state index < -0.39 is 0 Å². The smallest absolute Gasteiger partial charge is 0.131 e. The summed E-state index contributed by atoms with van der Waals surface area (Å²) >= 11 is 6.13. The van der Waals surface area contributed by atoms with Gasteiger partial charge >= 0.3 is 0 Å². The average Bonchev–Trinajstić information content (AvgIpc) is 2.62. The first kappa shape index (κ1) is 15.7. The van der Waals surface area contributed by atoms with Crippen LogP contribution in [0, 0.1) is 11.6 Å². The summed E-state index contributed by atoms with van der Waals surface area (Å²) in [6.45, 7) is 0. The third-order valence-electron chi connectivity index (χ3n) is 4.07. The molecule has 0 radical (unpaired) electrons. The number of hydrogen-bond donors (Lipinski definition) is 0. The van der Waals surface area contributed by atoms with E-state index in [1.807, 2.05) is 6.07 Å². The molecule has 0 aliphatic rings. The Bertz CT molecular complexity index is 1070. The number of benzene rings is 3. The molecular weight excluding hydrogens is 340 g/mol. The van der Waals surface area contributed by atoms with Crippen molar-refractivity contribution in [3.05, 3.63) is 89.5 Å². The van der Waals surface area contributed by atoms with Crippen LogP contribution in [-0.4, -0.2) is 4.98 Å². The summed E-state index contributed by atoms with van der Waals surface area (Å²) in [6, 6.07) is 19.8. The van der Waals surface area contributed by atoms with Crippen molar-refractivity contribution in [2.24, 2.45) is 0 Å². The molecule has 0 aliphatic heterocycles. The molecule has 0 saturated heterocycles. The van der Waals surface area contributed by atoms with Gasteiger partial charge in [-0.05, 0) is 60.2 Å². The molecule has 122 valence electrons. The fourth-order valence-electron chi connectivity index (χ4n) is 2.87. The Hall–Kier alpha value is -2.78. The van der Waals surface area contributed by atoms with Gasteiger partial charge in [0.1, 0.15) is 11.6 Å². The Balaban J connectivity index is 2.03. The average molecular weight is 352 g/mol. The predicted molar refractivity (Wildman–Crippen MR) is 97.5 cm³/mol. The lowest BCUT2D eigenvalue weighted by molar-refractivity contribution is 0.628. The zero-order chi connectivity index (χ0) is 17.4. The largest absolute Gasteiger partial charge is 0.248 e. The monoisotopic (exact) mass is 351 g/mol. The van der Waals surface area contributed by atoms with Gasteiger partial charge in [-0.25, -0.2) is 13.8 Å². The third-order valence-corrected chi connectivity index (χ3v) is 4.31. The third kappa shape index (κ3) is 2.99.